The van der Waals surface area contributed by atoms with Gasteiger partial charge in [0.05, 0.1) is 0 Å². The number of rotatable bonds is 5. The summed E-state index contributed by atoms with van der Waals surface area (Å²) in [6, 6.07) is 0. The summed E-state index contributed by atoms with van der Waals surface area (Å²) in [6.45, 7) is 0.0194. The third-order valence-corrected chi connectivity index (χ3v) is 1.38. The summed E-state index contributed by atoms with van der Waals surface area (Å²) in [4.78, 5) is 10.2. The molecule has 3 nitrogen and oxygen atoms in total. The van der Waals surface area contributed by atoms with Crippen molar-refractivity contribution in [1.29, 1.82) is 0 Å². The average molecular weight is 199 g/mol. The Bertz CT molecular complexity index is 158. The largest absolute Gasteiger partial charge is 0.471 e. The fourth-order valence-electron chi connectivity index (χ4n) is 0.716. The molecule has 0 bridgehead atoms. The van der Waals surface area contributed by atoms with Crippen LogP contribution < -0.4 is 5.32 Å². The number of hydrogen-bond acceptors (Lipinski definition) is 2. The van der Waals surface area contributed by atoms with Crippen molar-refractivity contribution < 1.29 is 23.1 Å². The minimum atomic E-state index is -4.79. The Morgan fingerprint density at radius 3 is 2.31 bits per heavy atom. The molecule has 6 heteroatoms. The van der Waals surface area contributed by atoms with Crippen LogP contribution in [0.5, 0.6) is 0 Å². The summed E-state index contributed by atoms with van der Waals surface area (Å²) in [5.74, 6) is -1.91. The van der Waals surface area contributed by atoms with Crippen LogP contribution in [0, 0.1) is 0 Å². The Morgan fingerprint density at radius 2 is 1.85 bits per heavy atom. The van der Waals surface area contributed by atoms with Crippen LogP contribution in [0.4, 0.5) is 13.2 Å². The second-order valence-corrected chi connectivity index (χ2v) is 2.54. The van der Waals surface area contributed by atoms with Crippen molar-refractivity contribution in [3.05, 3.63) is 0 Å². The fourth-order valence-corrected chi connectivity index (χ4v) is 0.716. The summed E-state index contributed by atoms with van der Waals surface area (Å²) in [6.07, 6.45) is -3.20. The Labute approximate surface area is 73.9 Å². The Kier molecular flexibility index (Phi) is 5.45. The van der Waals surface area contributed by atoms with E-state index in [1.165, 1.54) is 0 Å². The molecule has 1 amide bonds. The number of aliphatic hydroxyl groups excluding tert-OH is 1. The van der Waals surface area contributed by atoms with Gasteiger partial charge in [0.25, 0.3) is 0 Å². The predicted octanol–water partition coefficient (Wildman–Crippen LogP) is 0.827. The van der Waals surface area contributed by atoms with Gasteiger partial charge in [0.15, 0.2) is 0 Å². The lowest BCUT2D eigenvalue weighted by Gasteiger charge is -2.06. The first-order valence-corrected chi connectivity index (χ1v) is 3.94. The second-order valence-electron chi connectivity index (χ2n) is 2.54. The molecule has 0 aliphatic carbocycles. The SMILES string of the molecule is O=C(NCCCCCO)C(F)(F)F. The molecular weight excluding hydrogens is 187 g/mol. The molecule has 0 spiro atoms. The van der Waals surface area contributed by atoms with Crippen LogP contribution in [0.15, 0.2) is 0 Å². The van der Waals surface area contributed by atoms with Gasteiger partial charge in [-0.15, -0.1) is 0 Å². The van der Waals surface area contributed by atoms with Crippen molar-refractivity contribution >= 4 is 5.91 Å². The standard InChI is InChI=1S/C7H12F3NO2/c8-7(9,10)6(13)11-4-2-1-3-5-12/h12H,1-5H2,(H,11,13). The molecule has 0 radical (unpaired) electrons. The van der Waals surface area contributed by atoms with Gasteiger partial charge in [-0.1, -0.05) is 0 Å². The molecule has 0 aliphatic rings. The lowest BCUT2D eigenvalue weighted by molar-refractivity contribution is -0.173. The van der Waals surface area contributed by atoms with E-state index < -0.39 is 12.1 Å². The molecule has 0 aromatic heterocycles. The number of carbonyl (C=O) groups is 1. The van der Waals surface area contributed by atoms with Gasteiger partial charge < -0.3 is 10.4 Å². The highest BCUT2D eigenvalue weighted by Crippen LogP contribution is 2.13. The molecule has 78 valence electrons. The highest BCUT2D eigenvalue weighted by molar-refractivity contribution is 5.81. The molecule has 0 rings (SSSR count). The summed E-state index contributed by atoms with van der Waals surface area (Å²) in [5, 5.41) is 10.1. The molecule has 0 aromatic rings. The van der Waals surface area contributed by atoms with Gasteiger partial charge in [0.1, 0.15) is 0 Å². The normalized spacial score (nSPS) is 11.4. The lowest BCUT2D eigenvalue weighted by atomic mass is 10.2. The molecule has 13 heavy (non-hydrogen) atoms. The van der Waals surface area contributed by atoms with E-state index in [2.05, 4.69) is 0 Å². The lowest BCUT2D eigenvalue weighted by Crippen LogP contribution is -2.37. The third kappa shape index (κ3) is 6.39. The average Bonchev–Trinajstić information content (AvgIpc) is 2.02. The maximum Gasteiger partial charge on any atom is 0.471 e. The molecule has 2 N–H and O–H groups in total. The van der Waals surface area contributed by atoms with E-state index >= 15 is 0 Å². The zero-order valence-electron chi connectivity index (χ0n) is 7.02. The van der Waals surface area contributed by atoms with Gasteiger partial charge in [-0.2, -0.15) is 13.2 Å². The van der Waals surface area contributed by atoms with Crippen molar-refractivity contribution in [2.24, 2.45) is 0 Å². The second kappa shape index (κ2) is 5.80. The van der Waals surface area contributed by atoms with Gasteiger partial charge in [-0.3, -0.25) is 4.79 Å². The molecule has 0 aromatic carbocycles. The Morgan fingerprint density at radius 1 is 1.23 bits per heavy atom. The fraction of sp³-hybridized carbons (Fsp3) is 0.857. The number of nitrogens with one attached hydrogen (secondary N) is 1. The summed E-state index contributed by atoms with van der Waals surface area (Å²) >= 11 is 0. The molecule has 0 unspecified atom stereocenters. The van der Waals surface area contributed by atoms with E-state index in [1.54, 1.807) is 5.32 Å². The van der Waals surface area contributed by atoms with E-state index in [1.807, 2.05) is 0 Å². The van der Waals surface area contributed by atoms with E-state index in [4.69, 9.17) is 5.11 Å². The zero-order chi connectivity index (χ0) is 10.3. The van der Waals surface area contributed by atoms with Crippen LogP contribution in [-0.2, 0) is 4.79 Å². The Hall–Kier alpha value is -0.780. The summed E-state index contributed by atoms with van der Waals surface area (Å²) in [5.41, 5.74) is 0. The molecule has 0 aliphatic heterocycles. The number of halogens is 3. The first-order chi connectivity index (χ1) is 5.98. The number of carbonyl (C=O) groups excluding carboxylic acids is 1. The van der Waals surface area contributed by atoms with Crippen molar-refractivity contribution in [2.75, 3.05) is 13.2 Å². The Balaban J connectivity index is 3.38. The van der Waals surface area contributed by atoms with E-state index in [-0.39, 0.29) is 13.2 Å². The van der Waals surface area contributed by atoms with Crippen LogP contribution in [0.3, 0.4) is 0 Å². The molecule has 0 saturated heterocycles. The molecule has 0 atom stereocenters. The number of aliphatic hydroxyl groups is 1. The summed E-state index contributed by atoms with van der Waals surface area (Å²) in [7, 11) is 0. The van der Waals surface area contributed by atoms with Gasteiger partial charge in [-0.05, 0) is 19.3 Å². The number of hydrogen-bond donors (Lipinski definition) is 2. The number of amides is 1. The predicted molar refractivity (Wildman–Crippen MR) is 40.0 cm³/mol. The van der Waals surface area contributed by atoms with Crippen molar-refractivity contribution in [3.8, 4) is 0 Å². The van der Waals surface area contributed by atoms with E-state index in [0.717, 1.165) is 0 Å². The van der Waals surface area contributed by atoms with E-state index in [9.17, 15) is 18.0 Å². The van der Waals surface area contributed by atoms with Crippen LogP contribution in [0.1, 0.15) is 19.3 Å². The first kappa shape index (κ1) is 12.2. The molecule has 0 fully saturated rings. The van der Waals surface area contributed by atoms with E-state index in [0.29, 0.717) is 19.3 Å². The minimum Gasteiger partial charge on any atom is -0.396 e. The van der Waals surface area contributed by atoms with Crippen molar-refractivity contribution in [3.63, 3.8) is 0 Å². The maximum absolute atomic E-state index is 11.6. The quantitative estimate of drug-likeness (QED) is 0.644. The van der Waals surface area contributed by atoms with Gasteiger partial charge in [-0.25, -0.2) is 0 Å². The van der Waals surface area contributed by atoms with Crippen LogP contribution in [-0.4, -0.2) is 30.3 Å². The van der Waals surface area contributed by atoms with Gasteiger partial charge in [0, 0.05) is 13.2 Å². The summed E-state index contributed by atoms with van der Waals surface area (Å²) < 4.78 is 34.7. The van der Waals surface area contributed by atoms with Gasteiger partial charge >= 0.3 is 12.1 Å². The monoisotopic (exact) mass is 199 g/mol. The third-order valence-electron chi connectivity index (χ3n) is 1.38. The van der Waals surface area contributed by atoms with Gasteiger partial charge in [0.2, 0.25) is 0 Å². The molecular formula is C7H12F3NO2. The van der Waals surface area contributed by atoms with Crippen molar-refractivity contribution in [2.45, 2.75) is 25.4 Å². The zero-order valence-corrected chi connectivity index (χ0v) is 7.02. The minimum absolute atomic E-state index is 0.00164. The highest BCUT2D eigenvalue weighted by atomic mass is 19.4. The van der Waals surface area contributed by atoms with Crippen molar-refractivity contribution in [1.82, 2.24) is 5.32 Å². The molecule has 0 saturated carbocycles. The van der Waals surface area contributed by atoms with Crippen LogP contribution in [0.2, 0.25) is 0 Å². The molecule has 0 heterocycles. The smallest absolute Gasteiger partial charge is 0.396 e. The van der Waals surface area contributed by atoms with Crippen LogP contribution >= 0.6 is 0 Å². The number of alkyl halides is 3. The first-order valence-electron chi connectivity index (χ1n) is 3.94. The maximum atomic E-state index is 11.6. The highest BCUT2D eigenvalue weighted by Gasteiger charge is 2.37. The topological polar surface area (TPSA) is 49.3 Å². The number of unbranched alkanes of at least 4 members (excludes halogenated alkanes) is 2. The van der Waals surface area contributed by atoms with Crippen LogP contribution in [0.25, 0.3) is 0 Å².